The summed E-state index contributed by atoms with van der Waals surface area (Å²) in [5, 5.41) is 4.68. The maximum absolute atomic E-state index is 11.2. The number of halogens is 1. The van der Waals surface area contributed by atoms with E-state index in [1.54, 1.807) is 0 Å². The number of nitrogens with one attached hydrogen (secondary N) is 1. The molecule has 1 amide bonds. The van der Waals surface area contributed by atoms with Gasteiger partial charge in [-0.2, -0.15) is 0 Å². The van der Waals surface area contributed by atoms with E-state index in [1.807, 2.05) is 0 Å². The Kier molecular flexibility index (Phi) is 4.46. The molecule has 9 heteroatoms. The third kappa shape index (κ3) is 3.18. The van der Waals surface area contributed by atoms with E-state index >= 15 is 0 Å². The molecule has 1 N–H and O–H groups in total. The number of nitrogens with zero attached hydrogens (tertiary/aromatic N) is 3. The van der Waals surface area contributed by atoms with E-state index in [4.69, 9.17) is 11.6 Å². The number of rotatable bonds is 5. The molecule has 1 unspecified atom stereocenters. The number of ether oxygens (including phenoxy) is 1. The first kappa shape index (κ1) is 13.0. The summed E-state index contributed by atoms with van der Waals surface area (Å²) in [5.41, 5.74) is -0.0591. The Morgan fingerprint density at radius 1 is 1.65 bits per heavy atom. The SMILES string of the molecule is COC(=O)C(N=O)c1cc(Cl)nc(NC=O)n1. The second-order valence-electron chi connectivity index (χ2n) is 2.73. The summed E-state index contributed by atoms with van der Waals surface area (Å²) in [6.45, 7) is 0. The van der Waals surface area contributed by atoms with Crippen molar-refractivity contribution in [3.8, 4) is 0 Å². The van der Waals surface area contributed by atoms with Crippen molar-refractivity contribution in [3.63, 3.8) is 0 Å². The fourth-order valence-corrected chi connectivity index (χ4v) is 1.21. The van der Waals surface area contributed by atoms with E-state index in [9.17, 15) is 14.5 Å². The Morgan fingerprint density at radius 3 is 2.88 bits per heavy atom. The van der Waals surface area contributed by atoms with Crippen molar-refractivity contribution < 1.29 is 14.3 Å². The number of hydrogen-bond donors (Lipinski definition) is 1. The maximum Gasteiger partial charge on any atom is 0.340 e. The first-order valence-corrected chi connectivity index (χ1v) is 4.65. The molecule has 0 bridgehead atoms. The lowest BCUT2D eigenvalue weighted by Gasteiger charge is -2.07. The first-order chi connectivity index (χ1) is 8.12. The Balaban J connectivity index is 3.14. The van der Waals surface area contributed by atoms with Crippen molar-refractivity contribution in [3.05, 3.63) is 21.8 Å². The van der Waals surface area contributed by atoms with E-state index in [0.29, 0.717) is 6.41 Å². The molecule has 1 aromatic rings. The monoisotopic (exact) mass is 258 g/mol. The minimum Gasteiger partial charge on any atom is -0.467 e. The molecule has 1 heterocycles. The predicted molar refractivity (Wildman–Crippen MR) is 57.3 cm³/mol. The topological polar surface area (TPSA) is 111 Å². The molecular weight excluding hydrogens is 252 g/mol. The van der Waals surface area contributed by atoms with E-state index in [0.717, 1.165) is 7.11 Å². The van der Waals surface area contributed by atoms with Gasteiger partial charge in [0, 0.05) is 6.07 Å². The Bertz CT molecular complexity index is 453. The van der Waals surface area contributed by atoms with Gasteiger partial charge < -0.3 is 4.74 Å². The van der Waals surface area contributed by atoms with Crippen LogP contribution >= 0.6 is 11.6 Å². The van der Waals surface area contributed by atoms with Crippen LogP contribution in [-0.2, 0) is 14.3 Å². The maximum atomic E-state index is 11.2. The lowest BCUT2D eigenvalue weighted by atomic mass is 10.2. The van der Waals surface area contributed by atoms with E-state index in [2.05, 4.69) is 25.2 Å². The minimum absolute atomic E-state index is 0.0445. The summed E-state index contributed by atoms with van der Waals surface area (Å²) < 4.78 is 4.37. The van der Waals surface area contributed by atoms with Gasteiger partial charge in [0.1, 0.15) is 5.15 Å². The second-order valence-corrected chi connectivity index (χ2v) is 3.12. The Hall–Kier alpha value is -2.09. The minimum atomic E-state index is -1.45. The van der Waals surface area contributed by atoms with E-state index in [-0.39, 0.29) is 16.8 Å². The molecule has 1 atom stereocenters. The van der Waals surface area contributed by atoms with Crippen LogP contribution in [-0.4, -0.2) is 29.5 Å². The lowest BCUT2D eigenvalue weighted by Crippen LogP contribution is -2.14. The molecule has 90 valence electrons. The highest BCUT2D eigenvalue weighted by molar-refractivity contribution is 6.29. The normalized spacial score (nSPS) is 11.4. The summed E-state index contributed by atoms with van der Waals surface area (Å²) >= 11 is 5.63. The quantitative estimate of drug-likeness (QED) is 0.360. The Labute approximate surface area is 100 Å². The largest absolute Gasteiger partial charge is 0.467 e. The fraction of sp³-hybridized carbons (Fsp3) is 0.250. The zero-order valence-electron chi connectivity index (χ0n) is 8.58. The molecule has 17 heavy (non-hydrogen) atoms. The average molecular weight is 259 g/mol. The van der Waals surface area contributed by atoms with Crippen molar-refractivity contribution in [2.24, 2.45) is 5.18 Å². The highest BCUT2D eigenvalue weighted by Gasteiger charge is 2.25. The van der Waals surface area contributed by atoms with Gasteiger partial charge in [-0.1, -0.05) is 11.6 Å². The molecule has 0 aliphatic heterocycles. The van der Waals surface area contributed by atoms with E-state index < -0.39 is 12.0 Å². The molecular formula is C8H7ClN4O4. The van der Waals surface area contributed by atoms with Gasteiger partial charge in [0.2, 0.25) is 18.4 Å². The molecule has 0 aliphatic rings. The molecule has 0 saturated heterocycles. The van der Waals surface area contributed by atoms with Crippen molar-refractivity contribution in [1.29, 1.82) is 0 Å². The fourth-order valence-electron chi connectivity index (χ4n) is 1.02. The third-order valence-corrected chi connectivity index (χ3v) is 1.91. The highest BCUT2D eigenvalue weighted by atomic mass is 35.5. The zero-order valence-corrected chi connectivity index (χ0v) is 9.34. The van der Waals surface area contributed by atoms with Crippen LogP contribution < -0.4 is 5.32 Å². The van der Waals surface area contributed by atoms with Crippen LogP contribution in [0.25, 0.3) is 0 Å². The summed E-state index contributed by atoms with van der Waals surface area (Å²) in [6.07, 6.45) is 0.330. The van der Waals surface area contributed by atoms with Crippen LogP contribution in [0.2, 0.25) is 5.15 Å². The van der Waals surface area contributed by atoms with Crippen LogP contribution in [0, 0.1) is 4.91 Å². The van der Waals surface area contributed by atoms with Crippen molar-refractivity contribution in [1.82, 2.24) is 9.97 Å². The smallest absolute Gasteiger partial charge is 0.340 e. The molecule has 8 nitrogen and oxygen atoms in total. The van der Waals surface area contributed by atoms with Gasteiger partial charge in [-0.25, -0.2) is 14.8 Å². The number of amides is 1. The average Bonchev–Trinajstić information content (AvgIpc) is 2.29. The molecule has 0 saturated carbocycles. The molecule has 0 aliphatic carbocycles. The number of aromatic nitrogens is 2. The third-order valence-electron chi connectivity index (χ3n) is 1.71. The number of esters is 1. The predicted octanol–water partition coefficient (Wildman–Crippen LogP) is 0.679. The van der Waals surface area contributed by atoms with Gasteiger partial charge >= 0.3 is 5.97 Å². The van der Waals surface area contributed by atoms with Gasteiger partial charge in [0.25, 0.3) is 0 Å². The van der Waals surface area contributed by atoms with Crippen LogP contribution in [0.5, 0.6) is 0 Å². The first-order valence-electron chi connectivity index (χ1n) is 4.27. The van der Waals surface area contributed by atoms with Gasteiger partial charge in [-0.3, -0.25) is 10.1 Å². The molecule has 0 spiro atoms. The van der Waals surface area contributed by atoms with Gasteiger partial charge in [0.15, 0.2) is 0 Å². The molecule has 1 rings (SSSR count). The Morgan fingerprint density at radius 2 is 2.35 bits per heavy atom. The second kappa shape index (κ2) is 5.85. The molecule has 1 aromatic heterocycles. The molecule has 0 radical (unpaired) electrons. The summed E-state index contributed by atoms with van der Waals surface area (Å²) in [4.78, 5) is 39.3. The standard InChI is InChI=1S/C8H7ClN4O4/c1-17-7(15)6(13-16)4-2-5(9)12-8(11-4)10-3-14/h2-3,6H,1H3,(H,10,11,12,14). The van der Waals surface area contributed by atoms with Crippen molar-refractivity contribution in [2.45, 2.75) is 6.04 Å². The number of anilines is 1. The van der Waals surface area contributed by atoms with Gasteiger partial charge in [-0.05, 0) is 5.18 Å². The van der Waals surface area contributed by atoms with Crippen LogP contribution in [0.4, 0.5) is 5.95 Å². The van der Waals surface area contributed by atoms with Crippen molar-refractivity contribution in [2.75, 3.05) is 12.4 Å². The van der Waals surface area contributed by atoms with Crippen LogP contribution in [0.1, 0.15) is 11.7 Å². The summed E-state index contributed by atoms with van der Waals surface area (Å²) in [6, 6.07) is -0.270. The van der Waals surface area contributed by atoms with Crippen LogP contribution in [0.15, 0.2) is 11.2 Å². The van der Waals surface area contributed by atoms with Gasteiger partial charge in [0.05, 0.1) is 12.8 Å². The summed E-state index contributed by atoms with van der Waals surface area (Å²) in [7, 11) is 1.11. The zero-order chi connectivity index (χ0) is 12.8. The molecule has 0 aromatic carbocycles. The molecule has 0 fully saturated rings. The van der Waals surface area contributed by atoms with Crippen molar-refractivity contribution >= 4 is 29.9 Å². The van der Waals surface area contributed by atoms with Gasteiger partial charge in [-0.15, -0.1) is 4.91 Å². The van der Waals surface area contributed by atoms with Crippen LogP contribution in [0.3, 0.4) is 0 Å². The van der Waals surface area contributed by atoms with E-state index in [1.165, 1.54) is 6.07 Å². The number of nitroso groups, excluding NO2 is 1. The number of carbonyl (C=O) groups excluding carboxylic acids is 2. The number of hydrogen-bond acceptors (Lipinski definition) is 7. The number of methoxy groups -OCH3 is 1. The summed E-state index contributed by atoms with van der Waals surface area (Å²) in [5.74, 6) is -1.02. The highest BCUT2D eigenvalue weighted by Crippen LogP contribution is 2.20. The lowest BCUT2D eigenvalue weighted by molar-refractivity contribution is -0.142. The number of carbonyl (C=O) groups is 2.